The van der Waals surface area contributed by atoms with Crippen LogP contribution in [0.15, 0.2) is 0 Å². The zero-order valence-electron chi connectivity index (χ0n) is 9.80. The Balaban J connectivity index is 1.93. The van der Waals surface area contributed by atoms with Gasteiger partial charge < -0.3 is 9.67 Å². The van der Waals surface area contributed by atoms with E-state index in [4.69, 9.17) is 0 Å². The summed E-state index contributed by atoms with van der Waals surface area (Å²) in [5.74, 6) is 1.10. The molecule has 2 atom stereocenters. The van der Waals surface area contributed by atoms with E-state index < -0.39 is 5.97 Å². The van der Waals surface area contributed by atoms with Crippen LogP contribution in [0.25, 0.3) is 0 Å². The molecule has 2 aliphatic rings. The Hall–Kier alpha value is -1.39. The maximum absolute atomic E-state index is 11.2. The first-order valence-electron chi connectivity index (χ1n) is 6.42. The highest BCUT2D eigenvalue weighted by Crippen LogP contribution is 2.39. The molecule has 1 saturated carbocycles. The van der Waals surface area contributed by atoms with E-state index in [1.807, 2.05) is 0 Å². The zero-order chi connectivity index (χ0) is 11.8. The van der Waals surface area contributed by atoms with Crippen molar-refractivity contribution in [2.45, 2.75) is 51.0 Å². The summed E-state index contributed by atoms with van der Waals surface area (Å²) < 4.78 is 2.16. The van der Waals surface area contributed by atoms with E-state index in [1.165, 1.54) is 6.42 Å². The number of fused-ring (bicyclic) bond motifs is 1. The van der Waals surface area contributed by atoms with Crippen LogP contribution in [0.3, 0.4) is 0 Å². The number of hydrogen-bond acceptors (Lipinski definition) is 3. The summed E-state index contributed by atoms with van der Waals surface area (Å²) >= 11 is 0. The van der Waals surface area contributed by atoms with Gasteiger partial charge in [-0.2, -0.15) is 0 Å². The molecule has 1 aliphatic heterocycles. The first-order valence-corrected chi connectivity index (χ1v) is 6.42. The summed E-state index contributed by atoms with van der Waals surface area (Å²) in [4.78, 5) is 11.2. The van der Waals surface area contributed by atoms with E-state index in [-0.39, 0.29) is 11.8 Å². The Morgan fingerprint density at radius 3 is 2.94 bits per heavy atom. The molecule has 2 heterocycles. The van der Waals surface area contributed by atoms with E-state index in [0.29, 0.717) is 0 Å². The third-order valence-electron chi connectivity index (χ3n) is 4.05. The van der Waals surface area contributed by atoms with Gasteiger partial charge in [-0.3, -0.25) is 4.79 Å². The second-order valence-corrected chi connectivity index (χ2v) is 5.07. The number of aryl methyl sites for hydroxylation is 1. The normalized spacial score (nSPS) is 28.0. The van der Waals surface area contributed by atoms with Crippen molar-refractivity contribution in [1.29, 1.82) is 0 Å². The zero-order valence-corrected chi connectivity index (χ0v) is 9.80. The number of aliphatic carboxylic acids is 1. The average molecular weight is 235 g/mol. The molecule has 0 bridgehead atoms. The Labute approximate surface area is 99.9 Å². The van der Waals surface area contributed by atoms with Crippen molar-refractivity contribution in [1.82, 2.24) is 14.8 Å². The fourth-order valence-corrected chi connectivity index (χ4v) is 3.17. The highest BCUT2D eigenvalue weighted by Gasteiger charge is 2.37. The predicted octanol–water partition coefficient (Wildman–Crippen LogP) is 1.58. The van der Waals surface area contributed by atoms with Crippen LogP contribution in [0.2, 0.25) is 0 Å². The van der Waals surface area contributed by atoms with Gasteiger partial charge in [0.25, 0.3) is 0 Å². The number of hydrogen-bond donors (Lipinski definition) is 1. The van der Waals surface area contributed by atoms with Crippen LogP contribution >= 0.6 is 0 Å². The Morgan fingerprint density at radius 2 is 2.12 bits per heavy atom. The van der Waals surface area contributed by atoms with Gasteiger partial charge in [-0.05, 0) is 25.7 Å². The molecular weight excluding hydrogens is 218 g/mol. The lowest BCUT2D eigenvalue weighted by Crippen LogP contribution is -2.22. The number of nitrogens with zero attached hydrogens (tertiary/aromatic N) is 3. The third-order valence-corrected chi connectivity index (χ3v) is 4.05. The lowest BCUT2D eigenvalue weighted by molar-refractivity contribution is -0.142. The van der Waals surface area contributed by atoms with Crippen LogP contribution in [0.5, 0.6) is 0 Å². The Bertz CT molecular complexity index is 441. The second kappa shape index (κ2) is 4.13. The molecule has 3 rings (SSSR count). The molecular formula is C12H17N3O2. The number of carbonyl (C=O) groups is 1. The smallest absolute Gasteiger partial charge is 0.307 e. The molecule has 2 unspecified atom stereocenters. The molecule has 17 heavy (non-hydrogen) atoms. The number of carboxylic acid groups (broad SMARTS) is 1. The van der Waals surface area contributed by atoms with Gasteiger partial charge in [0.2, 0.25) is 0 Å². The van der Waals surface area contributed by atoms with Gasteiger partial charge in [-0.15, -0.1) is 10.2 Å². The minimum Gasteiger partial charge on any atom is -0.481 e. The standard InChI is InChI=1S/C12H17N3O2/c16-12(17)9-5-3-4-8(9)11-14-13-10-6-1-2-7-15(10)11/h8-9H,1-7H2,(H,16,17). The lowest BCUT2D eigenvalue weighted by Gasteiger charge is -2.19. The third kappa shape index (κ3) is 1.73. The second-order valence-electron chi connectivity index (χ2n) is 5.07. The van der Waals surface area contributed by atoms with Crippen molar-refractivity contribution in [3.8, 4) is 0 Å². The summed E-state index contributed by atoms with van der Waals surface area (Å²) in [5.41, 5.74) is 0. The van der Waals surface area contributed by atoms with E-state index >= 15 is 0 Å². The molecule has 1 aromatic heterocycles. The first kappa shape index (κ1) is 10.7. The van der Waals surface area contributed by atoms with E-state index in [2.05, 4.69) is 14.8 Å². The van der Waals surface area contributed by atoms with Crippen LogP contribution < -0.4 is 0 Å². The molecule has 1 aliphatic carbocycles. The molecule has 1 N–H and O–H groups in total. The number of rotatable bonds is 2. The van der Waals surface area contributed by atoms with Crippen molar-refractivity contribution in [3.05, 3.63) is 11.6 Å². The molecule has 5 heteroatoms. The minimum absolute atomic E-state index is 0.0758. The number of carboxylic acids is 1. The largest absolute Gasteiger partial charge is 0.481 e. The molecule has 92 valence electrons. The van der Waals surface area contributed by atoms with Crippen LogP contribution in [0.4, 0.5) is 0 Å². The molecule has 0 spiro atoms. The van der Waals surface area contributed by atoms with Crippen LogP contribution in [-0.4, -0.2) is 25.8 Å². The quantitative estimate of drug-likeness (QED) is 0.845. The van der Waals surface area contributed by atoms with Crippen molar-refractivity contribution < 1.29 is 9.90 Å². The van der Waals surface area contributed by atoms with E-state index in [9.17, 15) is 9.90 Å². The molecule has 0 saturated heterocycles. The highest BCUT2D eigenvalue weighted by atomic mass is 16.4. The molecule has 0 aromatic carbocycles. The van der Waals surface area contributed by atoms with Crippen molar-refractivity contribution in [2.24, 2.45) is 5.92 Å². The van der Waals surface area contributed by atoms with Crippen LogP contribution in [0.1, 0.15) is 49.7 Å². The van der Waals surface area contributed by atoms with Crippen LogP contribution in [-0.2, 0) is 17.8 Å². The van der Waals surface area contributed by atoms with Crippen molar-refractivity contribution in [3.63, 3.8) is 0 Å². The Kier molecular flexibility index (Phi) is 2.61. The van der Waals surface area contributed by atoms with Gasteiger partial charge in [0, 0.05) is 18.9 Å². The van der Waals surface area contributed by atoms with Crippen LogP contribution in [0, 0.1) is 5.92 Å². The average Bonchev–Trinajstić information content (AvgIpc) is 2.94. The number of aromatic nitrogens is 3. The first-order chi connectivity index (χ1) is 8.27. The summed E-state index contributed by atoms with van der Waals surface area (Å²) in [6.07, 6.45) is 6.02. The Morgan fingerprint density at radius 1 is 1.24 bits per heavy atom. The fourth-order valence-electron chi connectivity index (χ4n) is 3.17. The molecule has 5 nitrogen and oxygen atoms in total. The van der Waals surface area contributed by atoms with Gasteiger partial charge in [-0.25, -0.2) is 0 Å². The van der Waals surface area contributed by atoms with Crippen molar-refractivity contribution in [2.75, 3.05) is 0 Å². The fraction of sp³-hybridized carbons (Fsp3) is 0.750. The maximum atomic E-state index is 11.2. The molecule has 0 radical (unpaired) electrons. The maximum Gasteiger partial charge on any atom is 0.307 e. The summed E-state index contributed by atoms with van der Waals surface area (Å²) in [7, 11) is 0. The van der Waals surface area contributed by atoms with Gasteiger partial charge in [0.1, 0.15) is 11.6 Å². The molecule has 0 amide bonds. The highest BCUT2D eigenvalue weighted by molar-refractivity contribution is 5.71. The molecule has 1 fully saturated rings. The summed E-state index contributed by atoms with van der Waals surface area (Å²) in [5, 5.41) is 17.7. The topological polar surface area (TPSA) is 68.0 Å². The monoisotopic (exact) mass is 235 g/mol. The van der Waals surface area contributed by atoms with Gasteiger partial charge in [0.15, 0.2) is 0 Å². The lowest BCUT2D eigenvalue weighted by atomic mass is 9.95. The van der Waals surface area contributed by atoms with E-state index in [1.54, 1.807) is 0 Å². The van der Waals surface area contributed by atoms with E-state index in [0.717, 1.165) is 50.3 Å². The minimum atomic E-state index is -0.680. The SMILES string of the molecule is O=C(O)C1CCCC1c1nnc2n1CCCC2. The van der Waals surface area contributed by atoms with Gasteiger partial charge in [-0.1, -0.05) is 6.42 Å². The summed E-state index contributed by atoms with van der Waals surface area (Å²) in [6.45, 7) is 0.959. The predicted molar refractivity (Wildman–Crippen MR) is 60.7 cm³/mol. The summed E-state index contributed by atoms with van der Waals surface area (Å²) in [6, 6.07) is 0. The molecule has 1 aromatic rings. The van der Waals surface area contributed by atoms with Gasteiger partial charge in [0.05, 0.1) is 5.92 Å². The van der Waals surface area contributed by atoms with Gasteiger partial charge >= 0.3 is 5.97 Å². The van der Waals surface area contributed by atoms with Crippen molar-refractivity contribution >= 4 is 5.97 Å².